The summed E-state index contributed by atoms with van der Waals surface area (Å²) < 4.78 is 37.0. The molecule has 53 heavy (non-hydrogen) atoms. The lowest BCUT2D eigenvalue weighted by Gasteiger charge is -2.24. The van der Waals surface area contributed by atoms with Crippen LogP contribution in [0.5, 0.6) is 0 Å². The average Bonchev–Trinajstić information content (AvgIpc) is 3.15. The van der Waals surface area contributed by atoms with Crippen molar-refractivity contribution in [3.63, 3.8) is 0 Å². The average molecular weight is 770 g/mol. The van der Waals surface area contributed by atoms with Gasteiger partial charge in [-0.25, -0.2) is 0 Å². The second kappa shape index (κ2) is 42.6. The number of hydrogen-bond donors (Lipinski definition) is 0. The fourth-order valence-electron chi connectivity index (χ4n) is 6.58. The standard InChI is InChI=1S/C46H92NO5P/c1-6-10-12-14-16-18-20-22-24-26-28-30-32-34-36-38-42-49-44-40-46(52-53(5,48)51-45-41-47(8-3)9-4)50-43-39-37-35-33-31-29-27-25-23-21-19-17-15-13-11-7-2/h22-25,46H,6-21,26-45H2,1-5H3. The van der Waals surface area contributed by atoms with Gasteiger partial charge >= 0.3 is 7.60 Å². The molecule has 0 aliphatic carbocycles. The van der Waals surface area contributed by atoms with E-state index in [2.05, 4.69) is 56.9 Å². The van der Waals surface area contributed by atoms with E-state index in [4.69, 9.17) is 18.5 Å². The van der Waals surface area contributed by atoms with Gasteiger partial charge in [-0.1, -0.05) is 168 Å². The van der Waals surface area contributed by atoms with Crippen molar-refractivity contribution >= 4 is 7.60 Å². The van der Waals surface area contributed by atoms with E-state index in [1.807, 2.05) is 0 Å². The minimum atomic E-state index is -3.23. The third-order valence-electron chi connectivity index (χ3n) is 10.2. The van der Waals surface area contributed by atoms with Crippen LogP contribution >= 0.6 is 7.60 Å². The predicted octanol–water partition coefficient (Wildman–Crippen LogP) is 15.0. The van der Waals surface area contributed by atoms with Crippen LogP contribution in [0.2, 0.25) is 0 Å². The van der Waals surface area contributed by atoms with Crippen molar-refractivity contribution in [1.29, 1.82) is 0 Å². The molecule has 316 valence electrons. The SMILES string of the molecule is CCCCCCCCC=CCCCCCCCCOCCC(OCCCCCCCCC=CCCCCCCCC)OP(C)(=O)OCCN(CC)CC. The topological polar surface area (TPSA) is 57.2 Å². The second-order valence-corrected chi connectivity index (χ2v) is 17.3. The molecule has 2 atom stereocenters. The highest BCUT2D eigenvalue weighted by atomic mass is 31.2. The van der Waals surface area contributed by atoms with Crippen LogP contribution < -0.4 is 0 Å². The third-order valence-corrected chi connectivity index (χ3v) is 11.5. The van der Waals surface area contributed by atoms with Gasteiger partial charge in [0.2, 0.25) is 0 Å². The van der Waals surface area contributed by atoms with Gasteiger partial charge in [-0.3, -0.25) is 9.09 Å². The number of rotatable bonds is 44. The lowest BCUT2D eigenvalue weighted by atomic mass is 10.1. The Kier molecular flexibility index (Phi) is 42.3. The summed E-state index contributed by atoms with van der Waals surface area (Å²) in [6.07, 6.45) is 45.8. The zero-order chi connectivity index (χ0) is 38.8. The summed E-state index contributed by atoms with van der Waals surface area (Å²) in [7, 11) is -3.23. The smallest absolute Gasteiger partial charge is 0.329 e. The Morgan fingerprint density at radius 2 is 0.887 bits per heavy atom. The summed E-state index contributed by atoms with van der Waals surface area (Å²) >= 11 is 0. The fourth-order valence-corrected chi connectivity index (χ4v) is 7.65. The molecule has 7 heteroatoms. The molecule has 0 rings (SSSR count). The van der Waals surface area contributed by atoms with Crippen molar-refractivity contribution in [2.75, 3.05) is 52.7 Å². The molecule has 0 fully saturated rings. The van der Waals surface area contributed by atoms with Crippen LogP contribution in [0.3, 0.4) is 0 Å². The van der Waals surface area contributed by atoms with Gasteiger partial charge in [-0.05, 0) is 77.3 Å². The third kappa shape index (κ3) is 41.0. The van der Waals surface area contributed by atoms with Crippen LogP contribution in [0.1, 0.15) is 214 Å². The lowest BCUT2D eigenvalue weighted by Crippen LogP contribution is -2.27. The Balaban J connectivity index is 4.13. The molecule has 0 aromatic heterocycles. The maximum atomic E-state index is 13.2. The Labute approximate surface area is 331 Å². The molecule has 0 saturated heterocycles. The first-order valence-electron chi connectivity index (χ1n) is 23.1. The van der Waals surface area contributed by atoms with E-state index >= 15 is 0 Å². The molecule has 0 aliphatic heterocycles. The van der Waals surface area contributed by atoms with E-state index in [0.717, 1.165) is 45.5 Å². The molecule has 0 bridgehead atoms. The van der Waals surface area contributed by atoms with E-state index in [1.165, 1.54) is 161 Å². The maximum absolute atomic E-state index is 13.2. The highest BCUT2D eigenvalue weighted by Crippen LogP contribution is 2.45. The minimum Gasteiger partial charge on any atom is -0.381 e. The molecule has 0 amide bonds. The van der Waals surface area contributed by atoms with E-state index in [1.54, 1.807) is 6.66 Å². The predicted molar refractivity (Wildman–Crippen MR) is 232 cm³/mol. The number of ether oxygens (including phenoxy) is 2. The molecule has 0 heterocycles. The summed E-state index contributed by atoms with van der Waals surface area (Å²) in [5, 5.41) is 0. The lowest BCUT2D eigenvalue weighted by molar-refractivity contribution is -0.101. The number of likely N-dealkylation sites (N-methyl/N-ethyl adjacent to an activating group) is 1. The Morgan fingerprint density at radius 3 is 1.32 bits per heavy atom. The van der Waals surface area contributed by atoms with Crippen LogP contribution in [0.4, 0.5) is 0 Å². The van der Waals surface area contributed by atoms with Gasteiger partial charge in [0.25, 0.3) is 0 Å². The van der Waals surface area contributed by atoms with Crippen LogP contribution in [0.15, 0.2) is 24.3 Å². The zero-order valence-electron chi connectivity index (χ0n) is 36.3. The highest BCUT2D eigenvalue weighted by Gasteiger charge is 2.24. The van der Waals surface area contributed by atoms with E-state index in [9.17, 15) is 4.57 Å². The fraction of sp³-hybridized carbons (Fsp3) is 0.913. The normalized spacial score (nSPS) is 13.9. The molecule has 0 spiro atoms. The summed E-state index contributed by atoms with van der Waals surface area (Å²) in [6.45, 7) is 15.3. The summed E-state index contributed by atoms with van der Waals surface area (Å²) in [6, 6.07) is 0. The van der Waals surface area contributed by atoms with Gasteiger partial charge < -0.3 is 18.9 Å². The van der Waals surface area contributed by atoms with Gasteiger partial charge in [0, 0.05) is 32.8 Å². The van der Waals surface area contributed by atoms with Crippen molar-refractivity contribution in [2.45, 2.75) is 220 Å². The highest BCUT2D eigenvalue weighted by molar-refractivity contribution is 7.53. The molecular formula is C46H92NO5P. The molecule has 0 aromatic rings. The van der Waals surface area contributed by atoms with Gasteiger partial charge in [0.05, 0.1) is 13.2 Å². The summed E-state index contributed by atoms with van der Waals surface area (Å²) in [5.41, 5.74) is 0. The molecule has 0 saturated carbocycles. The minimum absolute atomic E-state index is 0.392. The molecule has 2 unspecified atom stereocenters. The van der Waals surface area contributed by atoms with Crippen LogP contribution in [0, 0.1) is 0 Å². The van der Waals surface area contributed by atoms with Crippen LogP contribution in [-0.4, -0.2) is 63.9 Å². The van der Waals surface area contributed by atoms with Crippen molar-refractivity contribution in [1.82, 2.24) is 4.90 Å². The Morgan fingerprint density at radius 1 is 0.491 bits per heavy atom. The quantitative estimate of drug-likeness (QED) is 0.0266. The van der Waals surface area contributed by atoms with Crippen molar-refractivity contribution in [2.24, 2.45) is 0 Å². The molecule has 0 radical (unpaired) electrons. The first-order chi connectivity index (χ1) is 26.0. The van der Waals surface area contributed by atoms with Crippen molar-refractivity contribution < 1.29 is 23.1 Å². The Bertz CT molecular complexity index is 818. The van der Waals surface area contributed by atoms with E-state index in [-0.39, 0.29) is 0 Å². The maximum Gasteiger partial charge on any atom is 0.329 e. The Hall–Kier alpha value is -0.490. The van der Waals surface area contributed by atoms with Gasteiger partial charge in [0.15, 0.2) is 6.29 Å². The van der Waals surface area contributed by atoms with Crippen molar-refractivity contribution in [3.05, 3.63) is 24.3 Å². The largest absolute Gasteiger partial charge is 0.381 e. The number of nitrogens with zero attached hydrogens (tertiary/aromatic N) is 1. The van der Waals surface area contributed by atoms with Crippen molar-refractivity contribution in [3.8, 4) is 0 Å². The summed E-state index contributed by atoms with van der Waals surface area (Å²) in [5.74, 6) is 0. The molecule has 6 nitrogen and oxygen atoms in total. The van der Waals surface area contributed by atoms with E-state index < -0.39 is 13.9 Å². The first kappa shape index (κ1) is 52.5. The summed E-state index contributed by atoms with van der Waals surface area (Å²) in [4.78, 5) is 2.26. The van der Waals surface area contributed by atoms with Gasteiger partial charge in [0.1, 0.15) is 0 Å². The molecular weight excluding hydrogens is 677 g/mol. The second-order valence-electron chi connectivity index (χ2n) is 15.3. The van der Waals surface area contributed by atoms with Gasteiger partial charge in [-0.15, -0.1) is 0 Å². The molecule has 0 N–H and O–H groups in total. The van der Waals surface area contributed by atoms with Gasteiger partial charge in [-0.2, -0.15) is 0 Å². The van der Waals surface area contributed by atoms with E-state index in [0.29, 0.717) is 26.2 Å². The number of allylic oxidation sites excluding steroid dienone is 4. The number of unbranched alkanes of at least 4 members (excludes halogenated alkanes) is 24. The monoisotopic (exact) mass is 770 g/mol. The molecule has 0 aromatic carbocycles. The van der Waals surface area contributed by atoms with Crippen LogP contribution in [-0.2, 0) is 23.1 Å². The van der Waals surface area contributed by atoms with Crippen LogP contribution in [0.25, 0.3) is 0 Å². The zero-order valence-corrected chi connectivity index (χ0v) is 37.2. The molecule has 0 aliphatic rings. The first-order valence-corrected chi connectivity index (χ1v) is 25.1. The number of hydrogen-bond acceptors (Lipinski definition) is 6.